The molecule has 3 aromatic rings. The van der Waals surface area contributed by atoms with Gasteiger partial charge < -0.3 is 20.4 Å². The molecular formula is C19H22F2N6O2. The molecule has 3 heterocycles. The van der Waals surface area contributed by atoms with Gasteiger partial charge >= 0.3 is 6.09 Å². The molecule has 3 N–H and O–H groups in total. The van der Waals surface area contributed by atoms with E-state index in [9.17, 15) is 13.6 Å². The molecule has 0 aromatic carbocycles. The van der Waals surface area contributed by atoms with Crippen molar-refractivity contribution in [2.75, 3.05) is 19.0 Å². The summed E-state index contributed by atoms with van der Waals surface area (Å²) in [6, 6.07) is 1.28. The van der Waals surface area contributed by atoms with Crippen LogP contribution in [0, 0.1) is 11.6 Å². The van der Waals surface area contributed by atoms with Gasteiger partial charge in [-0.15, -0.1) is 0 Å². The molecule has 3 rings (SSSR count). The number of amides is 1. The lowest BCUT2D eigenvalue weighted by atomic mass is 10.1. The molecule has 0 fully saturated rings. The van der Waals surface area contributed by atoms with Crippen LogP contribution in [0.1, 0.15) is 26.2 Å². The number of methoxy groups -OCH3 is 1. The summed E-state index contributed by atoms with van der Waals surface area (Å²) in [5, 5.41) is 6.18. The number of carbonyl (C=O) groups excluding carboxylic acids is 1. The molecule has 3 aromatic heterocycles. The minimum atomic E-state index is -0.572. The summed E-state index contributed by atoms with van der Waals surface area (Å²) in [5.41, 5.74) is 1.04. The van der Waals surface area contributed by atoms with Crippen LogP contribution < -0.4 is 10.6 Å². The minimum absolute atomic E-state index is 0.0487. The molecule has 0 spiro atoms. The summed E-state index contributed by atoms with van der Waals surface area (Å²) in [5.74, 6) is -0.706. The Bertz CT molecular complexity index is 994. The molecule has 0 bridgehead atoms. The lowest BCUT2D eigenvalue weighted by Gasteiger charge is -2.15. The number of carbonyl (C=O) groups is 1. The molecule has 154 valence electrons. The summed E-state index contributed by atoms with van der Waals surface area (Å²) in [6.45, 7) is 2.43. The van der Waals surface area contributed by atoms with Gasteiger partial charge in [0.2, 0.25) is 0 Å². The maximum Gasteiger partial charge on any atom is 0.406 e. The van der Waals surface area contributed by atoms with Crippen LogP contribution >= 0.6 is 0 Å². The molecule has 0 aliphatic heterocycles. The Kier molecular flexibility index (Phi) is 6.53. The monoisotopic (exact) mass is 404 g/mol. The Balaban J connectivity index is 1.64. The van der Waals surface area contributed by atoms with Crippen molar-refractivity contribution >= 4 is 22.9 Å². The Hall–Kier alpha value is -3.30. The topological polar surface area (TPSA) is 105 Å². The smallest absolute Gasteiger partial charge is 0.406 e. The van der Waals surface area contributed by atoms with Crippen LogP contribution in [0.5, 0.6) is 0 Å². The maximum atomic E-state index is 14.2. The van der Waals surface area contributed by atoms with Crippen LogP contribution in [0.2, 0.25) is 0 Å². The third-order valence-electron chi connectivity index (χ3n) is 4.38. The lowest BCUT2D eigenvalue weighted by Crippen LogP contribution is -2.24. The molecule has 1 atom stereocenters. The molecule has 29 heavy (non-hydrogen) atoms. The summed E-state index contributed by atoms with van der Waals surface area (Å²) < 4.78 is 32.2. The number of aromatic nitrogens is 4. The van der Waals surface area contributed by atoms with Crippen LogP contribution in [-0.2, 0) is 4.74 Å². The Morgan fingerprint density at radius 3 is 2.90 bits per heavy atom. The van der Waals surface area contributed by atoms with Crippen molar-refractivity contribution in [2.45, 2.75) is 32.2 Å². The van der Waals surface area contributed by atoms with Crippen LogP contribution in [0.15, 0.2) is 24.7 Å². The first kappa shape index (κ1) is 20.4. The maximum absolute atomic E-state index is 14.2. The predicted molar refractivity (Wildman–Crippen MR) is 104 cm³/mol. The van der Waals surface area contributed by atoms with Gasteiger partial charge in [0.1, 0.15) is 11.5 Å². The highest BCUT2D eigenvalue weighted by molar-refractivity contribution is 5.91. The number of nitrogens with zero attached hydrogens (tertiary/aromatic N) is 3. The third-order valence-corrected chi connectivity index (χ3v) is 4.38. The van der Waals surface area contributed by atoms with Gasteiger partial charge in [-0.3, -0.25) is 0 Å². The number of hydrogen-bond acceptors (Lipinski definition) is 6. The number of anilines is 1. The Morgan fingerprint density at radius 1 is 1.28 bits per heavy atom. The number of alkyl carbamates (subject to hydrolysis) is 1. The highest BCUT2D eigenvalue weighted by atomic mass is 19.1. The number of aromatic amines is 1. The number of fused-ring (bicyclic) bond motifs is 1. The van der Waals surface area contributed by atoms with Crippen molar-refractivity contribution in [3.8, 4) is 11.4 Å². The van der Waals surface area contributed by atoms with E-state index in [0.717, 1.165) is 31.7 Å². The van der Waals surface area contributed by atoms with E-state index in [1.165, 1.54) is 13.2 Å². The molecule has 0 aliphatic rings. The Morgan fingerprint density at radius 2 is 2.10 bits per heavy atom. The fourth-order valence-corrected chi connectivity index (χ4v) is 2.90. The van der Waals surface area contributed by atoms with Crippen LogP contribution in [0.4, 0.5) is 19.4 Å². The molecule has 1 amide bonds. The van der Waals surface area contributed by atoms with Crippen molar-refractivity contribution in [2.24, 2.45) is 0 Å². The van der Waals surface area contributed by atoms with Gasteiger partial charge in [0.15, 0.2) is 17.5 Å². The highest BCUT2D eigenvalue weighted by Gasteiger charge is 2.15. The van der Waals surface area contributed by atoms with Crippen molar-refractivity contribution in [1.29, 1.82) is 0 Å². The van der Waals surface area contributed by atoms with Crippen molar-refractivity contribution < 1.29 is 18.3 Å². The number of H-pyrrole nitrogens is 1. The summed E-state index contributed by atoms with van der Waals surface area (Å²) in [6.07, 6.45) is 5.71. The van der Waals surface area contributed by atoms with Crippen LogP contribution in [0.25, 0.3) is 22.4 Å². The van der Waals surface area contributed by atoms with Crippen molar-refractivity contribution in [1.82, 2.24) is 25.3 Å². The van der Waals surface area contributed by atoms with Crippen LogP contribution in [-0.4, -0.2) is 45.7 Å². The predicted octanol–water partition coefficient (Wildman–Crippen LogP) is 3.62. The first-order valence-electron chi connectivity index (χ1n) is 9.22. The van der Waals surface area contributed by atoms with Gasteiger partial charge in [-0.1, -0.05) is 0 Å². The summed E-state index contributed by atoms with van der Waals surface area (Å²) in [7, 11) is 1.31. The van der Waals surface area contributed by atoms with Crippen LogP contribution in [0.3, 0.4) is 0 Å². The molecular weight excluding hydrogens is 382 g/mol. The number of hydrogen-bond donors (Lipinski definition) is 3. The lowest BCUT2D eigenvalue weighted by molar-refractivity contribution is 0.171. The van der Waals surface area contributed by atoms with E-state index in [2.05, 4.69) is 35.3 Å². The SMILES string of the molecule is COC(=O)NCCCC[C@@H](C)Nc1nc(-c2c[nH]c3ncc(F)cc23)ncc1F. The average Bonchev–Trinajstić information content (AvgIpc) is 3.12. The molecule has 0 saturated heterocycles. The largest absolute Gasteiger partial charge is 0.453 e. The first-order valence-corrected chi connectivity index (χ1v) is 9.22. The second-order valence-electron chi connectivity index (χ2n) is 6.60. The van der Waals surface area contributed by atoms with Gasteiger partial charge in [-0.25, -0.2) is 28.5 Å². The normalized spacial score (nSPS) is 12.0. The van der Waals surface area contributed by atoms with E-state index in [1.807, 2.05) is 6.92 Å². The minimum Gasteiger partial charge on any atom is -0.453 e. The fourth-order valence-electron chi connectivity index (χ4n) is 2.90. The quantitative estimate of drug-likeness (QED) is 0.495. The molecule has 0 saturated carbocycles. The highest BCUT2D eigenvalue weighted by Crippen LogP contribution is 2.27. The summed E-state index contributed by atoms with van der Waals surface area (Å²) in [4.78, 5) is 26.2. The van der Waals surface area contributed by atoms with E-state index in [0.29, 0.717) is 23.1 Å². The van der Waals surface area contributed by atoms with E-state index in [-0.39, 0.29) is 17.7 Å². The van der Waals surface area contributed by atoms with Gasteiger partial charge in [-0.2, -0.15) is 0 Å². The number of halogens is 2. The third kappa shape index (κ3) is 5.15. The molecule has 0 unspecified atom stereocenters. The van der Waals surface area contributed by atoms with E-state index < -0.39 is 17.7 Å². The van der Waals surface area contributed by atoms with E-state index in [1.54, 1.807) is 6.20 Å². The zero-order valence-corrected chi connectivity index (χ0v) is 16.1. The second kappa shape index (κ2) is 9.26. The second-order valence-corrected chi connectivity index (χ2v) is 6.60. The number of unbranched alkanes of at least 4 members (excludes halogenated alkanes) is 1. The van der Waals surface area contributed by atoms with Gasteiger partial charge in [-0.05, 0) is 32.3 Å². The number of ether oxygens (including phenoxy) is 1. The average molecular weight is 404 g/mol. The first-order chi connectivity index (χ1) is 14.0. The molecule has 0 radical (unpaired) electrons. The fraction of sp³-hybridized carbons (Fsp3) is 0.368. The molecule has 0 aliphatic carbocycles. The van der Waals surface area contributed by atoms with Gasteiger partial charge in [0.05, 0.1) is 19.5 Å². The van der Waals surface area contributed by atoms with Crippen molar-refractivity contribution in [3.63, 3.8) is 0 Å². The standard InChI is InChI=1S/C19H22F2N6O2/c1-11(5-3-4-6-22-19(28)29-2)26-18-15(21)10-25-17(27-18)14-9-24-16-13(14)7-12(20)8-23-16/h7-11H,3-6H2,1-2H3,(H,22,28)(H,23,24)(H,25,26,27)/t11-/m1/s1. The molecule has 10 heteroatoms. The van der Waals surface area contributed by atoms with E-state index in [4.69, 9.17) is 0 Å². The van der Waals surface area contributed by atoms with Crippen molar-refractivity contribution in [3.05, 3.63) is 36.3 Å². The number of nitrogens with one attached hydrogen (secondary N) is 3. The van der Waals surface area contributed by atoms with Gasteiger partial charge in [0, 0.05) is 29.7 Å². The van der Waals surface area contributed by atoms with E-state index >= 15 is 0 Å². The number of rotatable bonds is 8. The molecule has 8 nitrogen and oxygen atoms in total. The summed E-state index contributed by atoms with van der Waals surface area (Å²) >= 11 is 0. The zero-order valence-electron chi connectivity index (χ0n) is 16.1. The Labute approximate surface area is 166 Å². The van der Waals surface area contributed by atoms with Gasteiger partial charge in [0.25, 0.3) is 0 Å². The number of pyridine rings is 1. The zero-order chi connectivity index (χ0) is 20.8.